The largest absolute Gasteiger partial charge is 2.00 e. The molecule has 0 saturated heterocycles. The van der Waals surface area contributed by atoms with Crippen molar-refractivity contribution in [3.63, 3.8) is 0 Å². The first-order chi connectivity index (χ1) is 6.43. The fraction of sp³-hybridized carbons (Fsp3) is 0.167. The third kappa shape index (κ3) is 5.63. The Kier molecular flexibility index (Phi) is 8.01. The van der Waals surface area contributed by atoms with Gasteiger partial charge in [0, 0.05) is 5.75 Å². The van der Waals surface area contributed by atoms with Crippen LogP contribution in [0.5, 0.6) is 5.75 Å². The Hall–Kier alpha value is -0.981. The third-order valence-corrected chi connectivity index (χ3v) is 1.50. The van der Waals surface area contributed by atoms with Crippen molar-refractivity contribution in [3.8, 4) is 5.75 Å². The van der Waals surface area contributed by atoms with E-state index in [4.69, 9.17) is 4.74 Å². The quantitative estimate of drug-likeness (QED) is 0.568. The second kappa shape index (κ2) is 8.61. The molecule has 0 aliphatic carbocycles. The van der Waals surface area contributed by atoms with Crippen LogP contribution in [0, 0.1) is 0 Å². The van der Waals surface area contributed by atoms with Gasteiger partial charge < -0.3 is 4.74 Å². The number of ether oxygens (including phenoxy) is 1. The number of hydrogen-bond donors (Lipinski definition) is 0. The van der Waals surface area contributed by atoms with Crippen LogP contribution in [0.25, 0.3) is 0 Å². The summed E-state index contributed by atoms with van der Waals surface area (Å²) in [6.07, 6.45) is 0. The topological polar surface area (TPSA) is 9.23 Å². The summed E-state index contributed by atoms with van der Waals surface area (Å²) in [7, 11) is 0. The summed E-state index contributed by atoms with van der Waals surface area (Å²) in [6.45, 7) is 2.73. The van der Waals surface area contributed by atoms with Gasteiger partial charge in [-0.3, -0.25) is 0 Å². The molecule has 2 aromatic carbocycles. The molecule has 76 valence electrons. The zero-order valence-electron chi connectivity index (χ0n) is 8.17. The third-order valence-electron chi connectivity index (χ3n) is 1.50. The maximum atomic E-state index is 5.15. The Bertz CT molecular complexity index is 254. The van der Waals surface area contributed by atoms with Gasteiger partial charge in [0.1, 0.15) is 0 Å². The summed E-state index contributed by atoms with van der Waals surface area (Å²) >= 11 is 0. The monoisotopic (exact) mass is 230 g/mol. The minimum Gasteiger partial charge on any atom is -0.520 e. The summed E-state index contributed by atoms with van der Waals surface area (Å²) in [5.41, 5.74) is 0. The van der Waals surface area contributed by atoms with Crippen LogP contribution in [0.2, 0.25) is 0 Å². The minimum atomic E-state index is 0. The first kappa shape index (κ1) is 13.0. The SMILES string of the molecule is CCOc1ccc[cH-]1.[Fe+2].c1cc[cH-]c1. The molecule has 0 fully saturated rings. The van der Waals surface area contributed by atoms with Crippen LogP contribution in [-0.2, 0) is 17.1 Å². The number of hydrogen-bond acceptors (Lipinski definition) is 1. The zero-order valence-corrected chi connectivity index (χ0v) is 9.27. The molecule has 0 aromatic heterocycles. The first-order valence-corrected chi connectivity index (χ1v) is 4.44. The predicted molar refractivity (Wildman–Crippen MR) is 55.2 cm³/mol. The maximum Gasteiger partial charge on any atom is 2.00 e. The van der Waals surface area contributed by atoms with Gasteiger partial charge >= 0.3 is 17.1 Å². The van der Waals surface area contributed by atoms with E-state index in [0.717, 1.165) is 12.4 Å². The summed E-state index contributed by atoms with van der Waals surface area (Å²) in [6, 6.07) is 17.8. The van der Waals surface area contributed by atoms with E-state index in [2.05, 4.69) is 0 Å². The van der Waals surface area contributed by atoms with Crippen LogP contribution in [0.15, 0.2) is 54.6 Å². The molecule has 1 nitrogen and oxygen atoms in total. The Labute approximate surface area is 95.9 Å². The van der Waals surface area contributed by atoms with Gasteiger partial charge in [0.05, 0.1) is 6.61 Å². The molecule has 0 aliphatic heterocycles. The van der Waals surface area contributed by atoms with Crippen molar-refractivity contribution in [2.45, 2.75) is 6.92 Å². The molecule has 2 aromatic rings. The average molecular weight is 230 g/mol. The van der Waals surface area contributed by atoms with E-state index in [1.165, 1.54) is 0 Å². The van der Waals surface area contributed by atoms with Crippen molar-refractivity contribution >= 4 is 0 Å². The van der Waals surface area contributed by atoms with Gasteiger partial charge in [-0.05, 0) is 6.92 Å². The van der Waals surface area contributed by atoms with Crippen LogP contribution in [0.1, 0.15) is 6.92 Å². The van der Waals surface area contributed by atoms with E-state index >= 15 is 0 Å². The van der Waals surface area contributed by atoms with Crippen LogP contribution in [0.4, 0.5) is 0 Å². The van der Waals surface area contributed by atoms with Crippen molar-refractivity contribution in [1.29, 1.82) is 0 Å². The second-order valence-electron chi connectivity index (χ2n) is 2.52. The Balaban J connectivity index is 0.000000246. The Morgan fingerprint density at radius 1 is 1.14 bits per heavy atom. The fourth-order valence-electron chi connectivity index (χ4n) is 0.940. The van der Waals surface area contributed by atoms with Crippen molar-refractivity contribution < 1.29 is 21.8 Å². The second-order valence-corrected chi connectivity index (χ2v) is 2.52. The molecule has 0 amide bonds. The molecule has 0 unspecified atom stereocenters. The minimum absolute atomic E-state index is 0. The van der Waals surface area contributed by atoms with E-state index in [-0.39, 0.29) is 17.1 Å². The summed E-state index contributed by atoms with van der Waals surface area (Å²) < 4.78 is 5.15. The molecule has 14 heavy (non-hydrogen) atoms. The van der Waals surface area contributed by atoms with Crippen LogP contribution < -0.4 is 4.74 Å². The molecular formula is C12H14FeO. The summed E-state index contributed by atoms with van der Waals surface area (Å²) in [5.74, 6) is 0.965. The van der Waals surface area contributed by atoms with Gasteiger partial charge in [-0.1, -0.05) is 0 Å². The van der Waals surface area contributed by atoms with Crippen molar-refractivity contribution in [3.05, 3.63) is 54.6 Å². The van der Waals surface area contributed by atoms with Crippen LogP contribution in [0.3, 0.4) is 0 Å². The number of rotatable bonds is 2. The molecule has 0 radical (unpaired) electrons. The van der Waals surface area contributed by atoms with E-state index < -0.39 is 0 Å². The molecular weight excluding hydrogens is 216 g/mol. The van der Waals surface area contributed by atoms with Gasteiger partial charge in [-0.2, -0.15) is 30.3 Å². The molecule has 0 spiro atoms. The molecule has 0 heterocycles. The van der Waals surface area contributed by atoms with Gasteiger partial charge in [0.15, 0.2) is 0 Å². The molecule has 0 aliphatic rings. The van der Waals surface area contributed by atoms with Crippen molar-refractivity contribution in [2.24, 2.45) is 0 Å². The molecule has 2 heteroatoms. The van der Waals surface area contributed by atoms with Crippen molar-refractivity contribution in [2.75, 3.05) is 6.61 Å². The Morgan fingerprint density at radius 2 is 1.86 bits per heavy atom. The van der Waals surface area contributed by atoms with E-state index in [1.54, 1.807) is 0 Å². The van der Waals surface area contributed by atoms with Crippen molar-refractivity contribution in [1.82, 2.24) is 0 Å². The molecule has 0 bridgehead atoms. The predicted octanol–water partition coefficient (Wildman–Crippen LogP) is 3.21. The van der Waals surface area contributed by atoms with Crippen LogP contribution >= 0.6 is 0 Å². The molecule has 2 rings (SSSR count). The molecule has 0 atom stereocenters. The Morgan fingerprint density at radius 3 is 2.21 bits per heavy atom. The molecule has 0 N–H and O–H groups in total. The van der Waals surface area contributed by atoms with E-state index in [9.17, 15) is 0 Å². The first-order valence-electron chi connectivity index (χ1n) is 4.44. The smallest absolute Gasteiger partial charge is 0.520 e. The summed E-state index contributed by atoms with van der Waals surface area (Å²) in [5, 5.41) is 0. The van der Waals surface area contributed by atoms with Gasteiger partial charge in [-0.25, -0.2) is 18.2 Å². The van der Waals surface area contributed by atoms with Gasteiger partial charge in [0.25, 0.3) is 0 Å². The zero-order chi connectivity index (χ0) is 9.36. The van der Waals surface area contributed by atoms with Gasteiger partial charge in [-0.15, -0.1) is 6.07 Å². The standard InChI is InChI=1S/C7H9O.C5H5.Fe/c1-2-8-7-5-3-4-6-7;1-2-4-5-3-1;/h3-6H,2H2,1H3;1-5H;/q2*-1;+2. The van der Waals surface area contributed by atoms with Crippen LogP contribution in [-0.4, -0.2) is 6.61 Å². The molecule has 0 saturated carbocycles. The summed E-state index contributed by atoms with van der Waals surface area (Å²) in [4.78, 5) is 0. The average Bonchev–Trinajstić information content (AvgIpc) is 2.79. The van der Waals surface area contributed by atoms with E-state index in [1.807, 2.05) is 61.5 Å². The van der Waals surface area contributed by atoms with E-state index in [0.29, 0.717) is 0 Å². The maximum absolute atomic E-state index is 5.15. The fourth-order valence-corrected chi connectivity index (χ4v) is 0.940. The normalized spacial score (nSPS) is 8.07. The van der Waals surface area contributed by atoms with Gasteiger partial charge in [0.2, 0.25) is 0 Å².